The number of nitrogens with one attached hydrogen (secondary N) is 1. The highest BCUT2D eigenvalue weighted by Crippen LogP contribution is 2.30. The zero-order valence-electron chi connectivity index (χ0n) is 11.7. The van der Waals surface area contributed by atoms with Gasteiger partial charge in [-0.2, -0.15) is 0 Å². The monoisotopic (exact) mass is 361 g/mol. The molecule has 0 spiro atoms. The molecule has 0 bridgehead atoms. The highest BCUT2D eigenvalue weighted by molar-refractivity contribution is 9.10. The van der Waals surface area contributed by atoms with E-state index in [1.54, 1.807) is 25.3 Å². The molecule has 1 saturated carbocycles. The van der Waals surface area contributed by atoms with Gasteiger partial charge in [0.15, 0.2) is 0 Å². The number of hydrogen-bond acceptors (Lipinski definition) is 3. The number of methoxy groups -OCH3 is 1. The van der Waals surface area contributed by atoms with Crippen LogP contribution >= 0.6 is 15.9 Å². The van der Waals surface area contributed by atoms with Gasteiger partial charge >= 0.3 is 0 Å². The van der Waals surface area contributed by atoms with Gasteiger partial charge in [-0.1, -0.05) is 12.8 Å². The Balaban J connectivity index is 2.15. The van der Waals surface area contributed by atoms with Crippen LogP contribution in [0, 0.1) is 5.92 Å². The van der Waals surface area contributed by atoms with E-state index in [-0.39, 0.29) is 10.9 Å². The maximum atomic E-state index is 12.4. The van der Waals surface area contributed by atoms with Crippen molar-refractivity contribution >= 4 is 26.0 Å². The standard InChI is InChI=1S/C14H20BrNO3S/c1-10(11-5-3-4-6-11)16-20(17,18)12-7-8-14(19-2)13(15)9-12/h7-11,16H,3-6H2,1-2H3. The zero-order valence-corrected chi connectivity index (χ0v) is 14.1. The predicted molar refractivity (Wildman–Crippen MR) is 82.4 cm³/mol. The first-order valence-corrected chi connectivity index (χ1v) is 9.07. The molecule has 0 amide bonds. The molecule has 20 heavy (non-hydrogen) atoms. The minimum absolute atomic E-state index is 0.0247. The first-order chi connectivity index (χ1) is 9.44. The van der Waals surface area contributed by atoms with Crippen LogP contribution in [0.4, 0.5) is 0 Å². The summed E-state index contributed by atoms with van der Waals surface area (Å²) in [6.07, 6.45) is 4.61. The molecule has 0 radical (unpaired) electrons. The molecule has 0 aliphatic heterocycles. The molecule has 1 atom stereocenters. The average molecular weight is 362 g/mol. The lowest BCUT2D eigenvalue weighted by molar-refractivity contribution is 0.411. The van der Waals surface area contributed by atoms with E-state index in [1.807, 2.05) is 6.92 Å². The number of halogens is 1. The van der Waals surface area contributed by atoms with Crippen LogP contribution < -0.4 is 9.46 Å². The van der Waals surface area contributed by atoms with Crippen molar-refractivity contribution in [2.24, 2.45) is 5.92 Å². The third-order valence-electron chi connectivity index (χ3n) is 3.88. The molecule has 2 rings (SSSR count). The van der Waals surface area contributed by atoms with Crippen molar-refractivity contribution in [3.05, 3.63) is 22.7 Å². The summed E-state index contributed by atoms with van der Waals surface area (Å²) in [7, 11) is -1.93. The van der Waals surface area contributed by atoms with Gasteiger partial charge in [0.25, 0.3) is 0 Å². The predicted octanol–water partition coefficient (Wildman–Crippen LogP) is 3.31. The quantitative estimate of drug-likeness (QED) is 0.874. The fraction of sp³-hybridized carbons (Fsp3) is 0.571. The van der Waals surface area contributed by atoms with Crippen LogP contribution in [-0.4, -0.2) is 21.6 Å². The van der Waals surface area contributed by atoms with E-state index in [1.165, 1.54) is 12.8 Å². The molecule has 1 aromatic carbocycles. The highest BCUT2D eigenvalue weighted by Gasteiger charge is 2.26. The summed E-state index contributed by atoms with van der Waals surface area (Å²) in [4.78, 5) is 0.259. The number of ether oxygens (including phenoxy) is 1. The largest absolute Gasteiger partial charge is 0.496 e. The molecule has 112 valence electrons. The first-order valence-electron chi connectivity index (χ1n) is 6.80. The van der Waals surface area contributed by atoms with Crippen molar-refractivity contribution in [2.75, 3.05) is 7.11 Å². The Labute approximate surface area is 129 Å². The van der Waals surface area contributed by atoms with Gasteiger partial charge in [0.2, 0.25) is 10.0 Å². The van der Waals surface area contributed by atoms with Gasteiger partial charge in [0.1, 0.15) is 5.75 Å². The van der Waals surface area contributed by atoms with Crippen molar-refractivity contribution in [1.82, 2.24) is 4.72 Å². The normalized spacial score (nSPS) is 18.1. The lowest BCUT2D eigenvalue weighted by Crippen LogP contribution is -2.37. The van der Waals surface area contributed by atoms with E-state index in [4.69, 9.17) is 4.74 Å². The Morgan fingerprint density at radius 3 is 2.55 bits per heavy atom. The smallest absolute Gasteiger partial charge is 0.240 e. The van der Waals surface area contributed by atoms with E-state index in [2.05, 4.69) is 20.7 Å². The van der Waals surface area contributed by atoms with Crippen molar-refractivity contribution < 1.29 is 13.2 Å². The average Bonchev–Trinajstić information content (AvgIpc) is 2.92. The van der Waals surface area contributed by atoms with Crippen LogP contribution in [0.25, 0.3) is 0 Å². The van der Waals surface area contributed by atoms with Crippen molar-refractivity contribution in [3.8, 4) is 5.75 Å². The Hall–Kier alpha value is -0.590. The molecule has 1 unspecified atom stereocenters. The van der Waals surface area contributed by atoms with E-state index in [0.29, 0.717) is 16.1 Å². The highest BCUT2D eigenvalue weighted by atomic mass is 79.9. The maximum absolute atomic E-state index is 12.4. The summed E-state index contributed by atoms with van der Waals surface area (Å²) in [6.45, 7) is 1.95. The number of benzene rings is 1. The first kappa shape index (κ1) is 15.8. The Morgan fingerprint density at radius 2 is 2.00 bits per heavy atom. The molecule has 1 aromatic rings. The fourth-order valence-corrected chi connectivity index (χ4v) is 4.71. The molecule has 0 heterocycles. The molecule has 0 aromatic heterocycles. The molecule has 0 saturated heterocycles. The summed E-state index contributed by atoms with van der Waals surface area (Å²) in [5.41, 5.74) is 0. The van der Waals surface area contributed by atoms with Crippen molar-refractivity contribution in [2.45, 2.75) is 43.5 Å². The van der Waals surface area contributed by atoms with Gasteiger partial charge in [0, 0.05) is 6.04 Å². The second-order valence-electron chi connectivity index (χ2n) is 5.25. The van der Waals surface area contributed by atoms with E-state index in [0.717, 1.165) is 12.8 Å². The molecule has 1 aliphatic carbocycles. The summed E-state index contributed by atoms with van der Waals surface area (Å²) in [6, 6.07) is 4.76. The third kappa shape index (κ3) is 3.54. The van der Waals surface area contributed by atoms with Crippen LogP contribution in [0.3, 0.4) is 0 Å². The van der Waals surface area contributed by atoms with E-state index < -0.39 is 10.0 Å². The van der Waals surface area contributed by atoms with Crippen molar-refractivity contribution in [1.29, 1.82) is 0 Å². The SMILES string of the molecule is COc1ccc(S(=O)(=O)NC(C)C2CCCC2)cc1Br. The Morgan fingerprint density at radius 1 is 1.35 bits per heavy atom. The van der Waals surface area contributed by atoms with Gasteiger partial charge in [-0.3, -0.25) is 0 Å². The van der Waals surface area contributed by atoms with Crippen LogP contribution in [0.2, 0.25) is 0 Å². The van der Waals surface area contributed by atoms with Gasteiger partial charge in [0.05, 0.1) is 16.5 Å². The van der Waals surface area contributed by atoms with E-state index in [9.17, 15) is 8.42 Å². The maximum Gasteiger partial charge on any atom is 0.240 e. The molecule has 1 aliphatic rings. The minimum atomic E-state index is -3.48. The van der Waals surface area contributed by atoms with Gasteiger partial charge in [-0.05, 0) is 59.8 Å². The molecule has 4 nitrogen and oxygen atoms in total. The molecule has 1 fully saturated rings. The Bertz CT molecular complexity index is 568. The second-order valence-corrected chi connectivity index (χ2v) is 7.82. The molecule has 6 heteroatoms. The van der Waals surface area contributed by atoms with Gasteiger partial charge in [-0.15, -0.1) is 0 Å². The summed E-state index contributed by atoms with van der Waals surface area (Å²) < 4.78 is 33.3. The number of hydrogen-bond donors (Lipinski definition) is 1. The van der Waals surface area contributed by atoms with Crippen LogP contribution in [0.15, 0.2) is 27.6 Å². The summed E-state index contributed by atoms with van der Waals surface area (Å²) in [5.74, 6) is 1.07. The summed E-state index contributed by atoms with van der Waals surface area (Å²) in [5, 5.41) is 0. The lowest BCUT2D eigenvalue weighted by atomic mass is 10.0. The van der Waals surface area contributed by atoms with Gasteiger partial charge in [-0.25, -0.2) is 13.1 Å². The lowest BCUT2D eigenvalue weighted by Gasteiger charge is -2.20. The van der Waals surface area contributed by atoms with E-state index >= 15 is 0 Å². The second kappa shape index (κ2) is 6.45. The molecular formula is C14H20BrNO3S. The number of sulfonamides is 1. The topological polar surface area (TPSA) is 55.4 Å². The fourth-order valence-electron chi connectivity index (χ4n) is 2.68. The van der Waals surface area contributed by atoms with Crippen LogP contribution in [-0.2, 0) is 10.0 Å². The number of rotatable bonds is 5. The molecule has 1 N–H and O–H groups in total. The van der Waals surface area contributed by atoms with Crippen LogP contribution in [0.1, 0.15) is 32.6 Å². The minimum Gasteiger partial charge on any atom is -0.496 e. The zero-order chi connectivity index (χ0) is 14.8. The Kier molecular flexibility index (Phi) is 5.09. The van der Waals surface area contributed by atoms with Gasteiger partial charge < -0.3 is 4.74 Å². The summed E-state index contributed by atoms with van der Waals surface area (Å²) >= 11 is 3.32. The molecular weight excluding hydrogens is 342 g/mol. The van der Waals surface area contributed by atoms with Crippen LogP contribution in [0.5, 0.6) is 5.75 Å². The van der Waals surface area contributed by atoms with Crippen molar-refractivity contribution in [3.63, 3.8) is 0 Å². The third-order valence-corrected chi connectivity index (χ3v) is 6.06.